The van der Waals surface area contributed by atoms with Crippen molar-refractivity contribution in [3.05, 3.63) is 23.1 Å². The van der Waals surface area contributed by atoms with Crippen LogP contribution in [0, 0.1) is 10.8 Å². The van der Waals surface area contributed by atoms with Crippen molar-refractivity contribution in [1.82, 2.24) is 0 Å². The Morgan fingerprint density at radius 2 is 1.89 bits per heavy atom. The van der Waals surface area contributed by atoms with Gasteiger partial charge in [0.15, 0.2) is 10.6 Å². The number of esters is 1. The smallest absolute Gasteiger partial charge is 0.352 e. The summed E-state index contributed by atoms with van der Waals surface area (Å²) in [5, 5.41) is 11.4. The van der Waals surface area contributed by atoms with Gasteiger partial charge in [0.05, 0.1) is 26.4 Å². The molecule has 1 N–H and O–H groups in total. The van der Waals surface area contributed by atoms with Gasteiger partial charge in [0.1, 0.15) is 5.75 Å². The van der Waals surface area contributed by atoms with Crippen LogP contribution >= 0.6 is 11.3 Å². The molecule has 2 aromatic rings. The van der Waals surface area contributed by atoms with Crippen LogP contribution in [0.3, 0.4) is 0 Å². The molecule has 0 aliphatic carbocycles. The highest BCUT2D eigenvalue weighted by Gasteiger charge is 2.38. The van der Waals surface area contributed by atoms with Crippen LogP contribution in [0.25, 0.3) is 10.1 Å². The van der Waals surface area contributed by atoms with Crippen molar-refractivity contribution in [2.24, 2.45) is 10.8 Å². The highest BCUT2D eigenvalue weighted by atomic mass is 32.1. The van der Waals surface area contributed by atoms with Gasteiger partial charge in [0.25, 0.3) is 0 Å². The molecule has 0 amide bonds. The fraction of sp³-hybridized carbons (Fsp3) is 0.571. The number of hydrogen-bond donors (Lipinski definition) is 1. The number of ether oxygens (including phenoxy) is 3. The number of aliphatic hydroxyl groups is 1. The van der Waals surface area contributed by atoms with Gasteiger partial charge in [-0.3, -0.25) is 0 Å². The third kappa shape index (κ3) is 4.74. The molecule has 1 aromatic carbocycles. The predicted octanol–water partition coefficient (Wildman–Crippen LogP) is 4.90. The number of hydrogen-bond acceptors (Lipinski definition) is 6. The van der Waals surface area contributed by atoms with Gasteiger partial charge in [0.2, 0.25) is 0 Å². The van der Waals surface area contributed by atoms with E-state index in [1.54, 1.807) is 7.11 Å². The van der Waals surface area contributed by atoms with Crippen molar-refractivity contribution >= 4 is 27.4 Å². The second kappa shape index (κ2) is 8.07. The normalized spacial score (nSPS) is 13.5. The predicted molar refractivity (Wildman–Crippen MR) is 109 cm³/mol. The summed E-state index contributed by atoms with van der Waals surface area (Å²) in [6, 6.07) is 5.62. The van der Waals surface area contributed by atoms with Crippen LogP contribution in [-0.4, -0.2) is 37.5 Å². The molecule has 0 saturated carbocycles. The fourth-order valence-corrected chi connectivity index (χ4v) is 4.19. The monoisotopic (exact) mass is 394 g/mol. The van der Waals surface area contributed by atoms with Crippen molar-refractivity contribution < 1.29 is 24.1 Å². The largest absolute Gasteiger partial charge is 0.497 e. The summed E-state index contributed by atoms with van der Waals surface area (Å²) in [7, 11) is 1.60. The third-order valence-electron chi connectivity index (χ3n) is 4.46. The SMILES string of the molecule is CCOc1c(C(=O)OCC(C)(C)C(O)C(C)(C)C)sc2ccc(OC)cc12. The van der Waals surface area contributed by atoms with Gasteiger partial charge in [-0.1, -0.05) is 34.6 Å². The van der Waals surface area contributed by atoms with E-state index < -0.39 is 17.5 Å². The lowest BCUT2D eigenvalue weighted by atomic mass is 9.73. The zero-order valence-corrected chi connectivity index (χ0v) is 18.0. The first-order chi connectivity index (χ1) is 12.5. The molecule has 2 rings (SSSR count). The molecule has 5 nitrogen and oxygen atoms in total. The minimum atomic E-state index is -0.615. The first-order valence-electron chi connectivity index (χ1n) is 9.09. The molecule has 27 heavy (non-hydrogen) atoms. The molecule has 0 aliphatic rings. The van der Waals surface area contributed by atoms with E-state index >= 15 is 0 Å². The number of thiophene rings is 1. The summed E-state index contributed by atoms with van der Waals surface area (Å²) in [6.45, 7) is 12.1. The van der Waals surface area contributed by atoms with Crippen molar-refractivity contribution in [3.63, 3.8) is 0 Å². The summed E-state index contributed by atoms with van der Waals surface area (Å²) < 4.78 is 17.5. The minimum Gasteiger partial charge on any atom is -0.497 e. The molecule has 0 saturated heterocycles. The zero-order chi connectivity index (χ0) is 20.4. The summed E-state index contributed by atoms with van der Waals surface area (Å²) in [5.74, 6) is 0.791. The topological polar surface area (TPSA) is 65.0 Å². The van der Waals surface area contributed by atoms with Gasteiger partial charge in [-0.05, 0) is 30.5 Å². The van der Waals surface area contributed by atoms with Crippen LogP contribution in [0.1, 0.15) is 51.2 Å². The molecule has 0 bridgehead atoms. The van der Waals surface area contributed by atoms with E-state index in [9.17, 15) is 9.90 Å². The average Bonchev–Trinajstić information content (AvgIpc) is 2.96. The Kier molecular flexibility index (Phi) is 6.43. The molecule has 1 unspecified atom stereocenters. The van der Waals surface area contributed by atoms with Crippen LogP contribution in [0.15, 0.2) is 18.2 Å². The Morgan fingerprint density at radius 3 is 2.44 bits per heavy atom. The second-order valence-corrected chi connectivity index (χ2v) is 9.44. The summed E-state index contributed by atoms with van der Waals surface area (Å²) in [4.78, 5) is 13.2. The number of aliphatic hydroxyl groups excluding tert-OH is 1. The maximum absolute atomic E-state index is 12.8. The minimum absolute atomic E-state index is 0.118. The first kappa shape index (κ1) is 21.5. The Morgan fingerprint density at radius 1 is 1.22 bits per heavy atom. The van der Waals surface area contributed by atoms with E-state index in [0.717, 1.165) is 10.1 Å². The number of carbonyl (C=O) groups is 1. The maximum atomic E-state index is 12.8. The van der Waals surface area contributed by atoms with E-state index in [2.05, 4.69) is 0 Å². The second-order valence-electron chi connectivity index (χ2n) is 8.39. The zero-order valence-electron chi connectivity index (χ0n) is 17.2. The maximum Gasteiger partial charge on any atom is 0.352 e. The van der Waals surface area contributed by atoms with Gasteiger partial charge in [-0.2, -0.15) is 0 Å². The van der Waals surface area contributed by atoms with E-state index in [-0.39, 0.29) is 12.0 Å². The van der Waals surface area contributed by atoms with Crippen molar-refractivity contribution in [2.75, 3.05) is 20.3 Å². The summed E-state index contributed by atoms with van der Waals surface area (Å²) >= 11 is 1.34. The number of carbonyl (C=O) groups excluding carboxylic acids is 1. The van der Waals surface area contributed by atoms with Crippen LogP contribution < -0.4 is 9.47 Å². The Hall–Kier alpha value is -1.79. The van der Waals surface area contributed by atoms with Crippen LogP contribution in [0.5, 0.6) is 11.5 Å². The lowest BCUT2D eigenvalue weighted by Gasteiger charge is -2.38. The highest BCUT2D eigenvalue weighted by Crippen LogP contribution is 2.41. The summed E-state index contributed by atoms with van der Waals surface area (Å²) in [6.07, 6.45) is -0.615. The van der Waals surface area contributed by atoms with Crippen LogP contribution in [-0.2, 0) is 4.74 Å². The Balaban J connectivity index is 2.28. The third-order valence-corrected chi connectivity index (χ3v) is 5.59. The average molecular weight is 395 g/mol. The molecule has 1 atom stereocenters. The fourth-order valence-electron chi connectivity index (χ4n) is 3.17. The van der Waals surface area contributed by atoms with Gasteiger partial charge >= 0.3 is 5.97 Å². The molecule has 6 heteroatoms. The molecule has 1 heterocycles. The lowest BCUT2D eigenvalue weighted by Crippen LogP contribution is -2.43. The van der Waals surface area contributed by atoms with E-state index in [4.69, 9.17) is 14.2 Å². The van der Waals surface area contributed by atoms with E-state index in [1.807, 2.05) is 59.7 Å². The molecule has 150 valence electrons. The molecular weight excluding hydrogens is 364 g/mol. The van der Waals surface area contributed by atoms with Gasteiger partial charge < -0.3 is 19.3 Å². The number of rotatable bonds is 7. The van der Waals surface area contributed by atoms with Gasteiger partial charge in [-0.25, -0.2) is 4.79 Å². The first-order valence-corrected chi connectivity index (χ1v) is 9.91. The molecule has 0 radical (unpaired) electrons. The Bertz CT molecular complexity index is 801. The molecule has 0 aliphatic heterocycles. The molecule has 1 aromatic heterocycles. The number of methoxy groups -OCH3 is 1. The molecular formula is C21H30O5S. The molecule has 0 spiro atoms. The Labute approximate surface area is 165 Å². The molecule has 0 fully saturated rings. The highest BCUT2D eigenvalue weighted by molar-refractivity contribution is 7.21. The number of fused-ring (bicyclic) bond motifs is 1. The van der Waals surface area contributed by atoms with Gasteiger partial charge in [0, 0.05) is 15.5 Å². The van der Waals surface area contributed by atoms with Crippen LogP contribution in [0.4, 0.5) is 0 Å². The van der Waals surface area contributed by atoms with Crippen LogP contribution in [0.2, 0.25) is 0 Å². The standard InChI is InChI=1S/C21H30O5S/c1-8-25-16-14-11-13(24-7)9-10-15(14)27-17(16)18(22)26-12-21(5,6)19(23)20(2,3)4/h9-11,19,23H,8,12H2,1-7H3. The quantitative estimate of drug-likeness (QED) is 0.677. The lowest BCUT2D eigenvalue weighted by molar-refractivity contribution is -0.0632. The van der Waals surface area contributed by atoms with E-state index in [1.165, 1.54) is 11.3 Å². The summed E-state index contributed by atoms with van der Waals surface area (Å²) in [5.41, 5.74) is -0.875. The number of benzene rings is 1. The van der Waals surface area contributed by atoms with Crippen molar-refractivity contribution in [1.29, 1.82) is 0 Å². The van der Waals surface area contributed by atoms with Gasteiger partial charge in [-0.15, -0.1) is 11.3 Å². The van der Waals surface area contributed by atoms with Crippen molar-refractivity contribution in [3.8, 4) is 11.5 Å². The van der Waals surface area contributed by atoms with E-state index in [0.29, 0.717) is 23.0 Å². The van der Waals surface area contributed by atoms with Crippen molar-refractivity contribution in [2.45, 2.75) is 47.6 Å².